The van der Waals surface area contributed by atoms with Gasteiger partial charge in [-0.15, -0.1) is 0 Å². The normalized spacial score (nSPS) is 11.7. The largest absolute Gasteiger partial charge is 0.350 e. The number of benzene rings is 1. The lowest BCUT2D eigenvalue weighted by Crippen LogP contribution is -2.40. The van der Waals surface area contributed by atoms with Gasteiger partial charge in [0, 0.05) is 19.0 Å². The topological polar surface area (TPSA) is 84.2 Å². The second kappa shape index (κ2) is 7.45. The molecule has 0 heterocycles. The van der Waals surface area contributed by atoms with Crippen LogP contribution in [0.2, 0.25) is 0 Å². The molecule has 1 aromatic carbocycles. The van der Waals surface area contributed by atoms with E-state index in [1.54, 1.807) is 6.92 Å². The van der Waals surface area contributed by atoms with Crippen molar-refractivity contribution in [2.75, 3.05) is 13.1 Å². The van der Waals surface area contributed by atoms with E-state index in [1.807, 2.05) is 30.3 Å². The summed E-state index contributed by atoms with van der Waals surface area (Å²) in [5.41, 5.74) is 6.37. The maximum Gasteiger partial charge on any atom is 0.239 e. The molecule has 0 aliphatic heterocycles. The molecular formula is C13H19N3O2. The summed E-state index contributed by atoms with van der Waals surface area (Å²) < 4.78 is 0. The predicted octanol–water partition coefficient (Wildman–Crippen LogP) is 0.0138. The van der Waals surface area contributed by atoms with Crippen molar-refractivity contribution in [3.63, 3.8) is 0 Å². The fourth-order valence-electron chi connectivity index (χ4n) is 1.31. The van der Waals surface area contributed by atoms with E-state index in [9.17, 15) is 9.59 Å². The Kier molecular flexibility index (Phi) is 5.87. The summed E-state index contributed by atoms with van der Waals surface area (Å²) in [7, 11) is 0. The van der Waals surface area contributed by atoms with Crippen LogP contribution >= 0.6 is 0 Å². The van der Waals surface area contributed by atoms with Gasteiger partial charge in [-0.1, -0.05) is 37.3 Å². The first-order valence-electron chi connectivity index (χ1n) is 5.92. The number of carbonyl (C=O) groups is 2. The van der Waals surface area contributed by atoms with E-state index in [-0.39, 0.29) is 30.8 Å². The zero-order valence-corrected chi connectivity index (χ0v) is 10.5. The lowest BCUT2D eigenvalue weighted by Gasteiger charge is -2.10. The highest BCUT2D eigenvalue weighted by Gasteiger charge is 2.11. The average molecular weight is 249 g/mol. The molecule has 0 bridgehead atoms. The van der Waals surface area contributed by atoms with Crippen LogP contribution in [-0.4, -0.2) is 24.9 Å². The van der Waals surface area contributed by atoms with E-state index >= 15 is 0 Å². The van der Waals surface area contributed by atoms with Gasteiger partial charge in [0.15, 0.2) is 0 Å². The van der Waals surface area contributed by atoms with Crippen molar-refractivity contribution in [2.45, 2.75) is 13.5 Å². The van der Waals surface area contributed by atoms with Crippen molar-refractivity contribution in [2.24, 2.45) is 11.7 Å². The van der Waals surface area contributed by atoms with E-state index in [2.05, 4.69) is 10.6 Å². The minimum absolute atomic E-state index is 0.0179. The fourth-order valence-corrected chi connectivity index (χ4v) is 1.31. The zero-order chi connectivity index (χ0) is 13.4. The van der Waals surface area contributed by atoms with Gasteiger partial charge >= 0.3 is 0 Å². The van der Waals surface area contributed by atoms with Gasteiger partial charge in [-0.2, -0.15) is 0 Å². The van der Waals surface area contributed by atoms with Crippen molar-refractivity contribution in [1.82, 2.24) is 10.6 Å². The number of hydrogen-bond donors (Lipinski definition) is 3. The lowest BCUT2D eigenvalue weighted by atomic mass is 10.2. The Hall–Kier alpha value is -1.88. The number of rotatable bonds is 6. The van der Waals surface area contributed by atoms with Gasteiger partial charge in [0.1, 0.15) is 0 Å². The van der Waals surface area contributed by atoms with Gasteiger partial charge in [0.25, 0.3) is 0 Å². The Balaban J connectivity index is 2.24. The summed E-state index contributed by atoms with van der Waals surface area (Å²) in [6.45, 7) is 2.44. The van der Waals surface area contributed by atoms with Crippen LogP contribution in [0.25, 0.3) is 0 Å². The summed E-state index contributed by atoms with van der Waals surface area (Å²) in [4.78, 5) is 22.9. The van der Waals surface area contributed by atoms with Crippen LogP contribution in [0.3, 0.4) is 0 Å². The van der Waals surface area contributed by atoms with Crippen LogP contribution < -0.4 is 16.4 Å². The van der Waals surface area contributed by atoms with Gasteiger partial charge in [0.2, 0.25) is 11.8 Å². The van der Waals surface area contributed by atoms with Crippen molar-refractivity contribution in [3.05, 3.63) is 35.9 Å². The van der Waals surface area contributed by atoms with E-state index in [4.69, 9.17) is 5.73 Å². The highest BCUT2D eigenvalue weighted by atomic mass is 16.2. The van der Waals surface area contributed by atoms with Crippen molar-refractivity contribution >= 4 is 11.8 Å². The third-order valence-electron chi connectivity index (χ3n) is 2.56. The van der Waals surface area contributed by atoms with Crippen LogP contribution in [-0.2, 0) is 16.1 Å². The molecule has 18 heavy (non-hydrogen) atoms. The number of nitrogens with two attached hydrogens (primary N) is 1. The summed E-state index contributed by atoms with van der Waals surface area (Å²) in [6, 6.07) is 9.59. The Bertz CT molecular complexity index is 392. The molecule has 0 saturated heterocycles. The van der Waals surface area contributed by atoms with Crippen molar-refractivity contribution in [3.8, 4) is 0 Å². The molecule has 0 aliphatic carbocycles. The van der Waals surface area contributed by atoms with Gasteiger partial charge in [-0.3, -0.25) is 9.59 Å². The van der Waals surface area contributed by atoms with E-state index < -0.39 is 0 Å². The average Bonchev–Trinajstić information content (AvgIpc) is 2.42. The van der Waals surface area contributed by atoms with E-state index in [0.29, 0.717) is 6.54 Å². The monoisotopic (exact) mass is 249 g/mol. The van der Waals surface area contributed by atoms with Gasteiger partial charge < -0.3 is 16.4 Å². The maximum atomic E-state index is 11.5. The van der Waals surface area contributed by atoms with Crippen LogP contribution in [0.1, 0.15) is 12.5 Å². The van der Waals surface area contributed by atoms with Crippen molar-refractivity contribution in [1.29, 1.82) is 0 Å². The molecular weight excluding hydrogens is 230 g/mol. The smallest absolute Gasteiger partial charge is 0.239 e. The maximum absolute atomic E-state index is 11.5. The molecule has 4 N–H and O–H groups in total. The molecule has 0 spiro atoms. The van der Waals surface area contributed by atoms with Crippen LogP contribution in [0, 0.1) is 5.92 Å². The molecule has 0 aromatic heterocycles. The minimum atomic E-state index is -0.271. The number of nitrogens with one attached hydrogen (secondary N) is 2. The highest BCUT2D eigenvalue weighted by Crippen LogP contribution is 1.96. The summed E-state index contributed by atoms with van der Waals surface area (Å²) in [5.74, 6) is -0.685. The molecule has 98 valence electrons. The highest BCUT2D eigenvalue weighted by molar-refractivity contribution is 5.85. The molecule has 0 fully saturated rings. The zero-order valence-electron chi connectivity index (χ0n) is 10.5. The molecule has 0 radical (unpaired) electrons. The van der Waals surface area contributed by atoms with E-state index in [1.165, 1.54) is 0 Å². The van der Waals surface area contributed by atoms with Gasteiger partial charge in [0.05, 0.1) is 6.54 Å². The molecule has 0 aliphatic rings. The Morgan fingerprint density at radius 2 is 1.89 bits per heavy atom. The van der Waals surface area contributed by atoms with Crippen LogP contribution in [0.15, 0.2) is 30.3 Å². The molecule has 1 rings (SSSR count). The van der Waals surface area contributed by atoms with Crippen LogP contribution in [0.4, 0.5) is 0 Å². The molecule has 2 amide bonds. The minimum Gasteiger partial charge on any atom is -0.350 e. The molecule has 1 atom stereocenters. The van der Waals surface area contributed by atoms with Gasteiger partial charge in [-0.05, 0) is 5.56 Å². The molecule has 1 aromatic rings. The first-order valence-corrected chi connectivity index (χ1v) is 5.92. The third kappa shape index (κ3) is 4.97. The number of carbonyl (C=O) groups excluding carboxylic acids is 2. The first kappa shape index (κ1) is 14.2. The molecule has 1 unspecified atom stereocenters. The molecule has 5 heteroatoms. The summed E-state index contributed by atoms with van der Waals surface area (Å²) >= 11 is 0. The quantitative estimate of drug-likeness (QED) is 0.664. The SMILES string of the molecule is CC(CN)C(=O)NCC(=O)NCc1ccccc1. The van der Waals surface area contributed by atoms with Crippen LogP contribution in [0.5, 0.6) is 0 Å². The summed E-state index contributed by atoms with van der Waals surface area (Å²) in [5, 5.41) is 5.26. The standard InChI is InChI=1S/C13H19N3O2/c1-10(7-14)13(18)16-9-12(17)15-8-11-5-3-2-4-6-11/h2-6,10H,7-9,14H2,1H3,(H,15,17)(H,16,18). The predicted molar refractivity (Wildman–Crippen MR) is 69.5 cm³/mol. The Labute approximate surface area is 107 Å². The van der Waals surface area contributed by atoms with Gasteiger partial charge in [-0.25, -0.2) is 0 Å². The fraction of sp³-hybridized carbons (Fsp3) is 0.385. The molecule has 0 saturated carbocycles. The Morgan fingerprint density at radius 3 is 2.50 bits per heavy atom. The van der Waals surface area contributed by atoms with Crippen molar-refractivity contribution < 1.29 is 9.59 Å². The molecule has 5 nitrogen and oxygen atoms in total. The van der Waals surface area contributed by atoms with E-state index in [0.717, 1.165) is 5.56 Å². The first-order chi connectivity index (χ1) is 8.63. The number of amides is 2. The Morgan fingerprint density at radius 1 is 1.22 bits per heavy atom. The third-order valence-corrected chi connectivity index (χ3v) is 2.56. The number of hydrogen-bond acceptors (Lipinski definition) is 3. The second-order valence-corrected chi connectivity index (χ2v) is 4.12. The second-order valence-electron chi connectivity index (χ2n) is 4.12. The lowest BCUT2D eigenvalue weighted by molar-refractivity contribution is -0.128. The summed E-state index contributed by atoms with van der Waals surface area (Å²) in [6.07, 6.45) is 0.